The minimum Gasteiger partial charge on any atom is -0.507 e. The number of nitrogens with two attached hydrogens (primary N) is 1. The molecule has 0 aromatic heterocycles. The Morgan fingerprint density at radius 1 is 1.40 bits per heavy atom. The molecule has 5 nitrogen and oxygen atoms in total. The van der Waals surface area contributed by atoms with E-state index in [1.807, 2.05) is 0 Å². The number of aromatic hydroxyl groups is 1. The van der Waals surface area contributed by atoms with Crippen molar-refractivity contribution in [2.45, 2.75) is 12.2 Å². The SMILES string of the molecule is NCC(O)C(O)c1cccc(O)c1C=O. The van der Waals surface area contributed by atoms with Gasteiger partial charge < -0.3 is 21.1 Å². The third-order valence-corrected chi connectivity index (χ3v) is 2.16. The van der Waals surface area contributed by atoms with Crippen molar-refractivity contribution in [2.24, 2.45) is 5.73 Å². The van der Waals surface area contributed by atoms with E-state index in [9.17, 15) is 20.1 Å². The van der Waals surface area contributed by atoms with Gasteiger partial charge in [-0.1, -0.05) is 12.1 Å². The highest BCUT2D eigenvalue weighted by molar-refractivity contribution is 5.81. The molecule has 0 amide bonds. The molecule has 82 valence electrons. The number of hydrogen-bond donors (Lipinski definition) is 4. The molecule has 5 N–H and O–H groups in total. The fourth-order valence-corrected chi connectivity index (χ4v) is 1.29. The predicted molar refractivity (Wildman–Crippen MR) is 53.5 cm³/mol. The Labute approximate surface area is 86.8 Å². The topological polar surface area (TPSA) is 104 Å². The van der Waals surface area contributed by atoms with Gasteiger partial charge in [0.05, 0.1) is 11.7 Å². The average Bonchev–Trinajstić information content (AvgIpc) is 2.26. The Balaban J connectivity index is 3.13. The number of aliphatic hydroxyl groups is 2. The molecule has 0 radical (unpaired) electrons. The van der Waals surface area contributed by atoms with Crippen LogP contribution in [0, 0.1) is 0 Å². The summed E-state index contributed by atoms with van der Waals surface area (Å²) in [6.45, 7) is -0.130. The van der Waals surface area contributed by atoms with Gasteiger partial charge in [0, 0.05) is 6.54 Å². The first kappa shape index (κ1) is 11.6. The van der Waals surface area contributed by atoms with Crippen LogP contribution in [0.3, 0.4) is 0 Å². The van der Waals surface area contributed by atoms with Crippen molar-refractivity contribution in [3.05, 3.63) is 29.3 Å². The minimum atomic E-state index is -1.28. The van der Waals surface area contributed by atoms with Gasteiger partial charge in [0.15, 0.2) is 6.29 Å². The van der Waals surface area contributed by atoms with E-state index in [1.54, 1.807) is 0 Å². The van der Waals surface area contributed by atoms with E-state index in [-0.39, 0.29) is 23.4 Å². The van der Waals surface area contributed by atoms with E-state index >= 15 is 0 Å². The van der Waals surface area contributed by atoms with Crippen LogP contribution in [0.15, 0.2) is 18.2 Å². The van der Waals surface area contributed by atoms with Crippen LogP contribution in [0.1, 0.15) is 22.0 Å². The fraction of sp³-hybridized carbons (Fsp3) is 0.300. The van der Waals surface area contributed by atoms with Gasteiger partial charge in [0.1, 0.15) is 11.9 Å². The van der Waals surface area contributed by atoms with Gasteiger partial charge in [-0.25, -0.2) is 0 Å². The summed E-state index contributed by atoms with van der Waals surface area (Å²) in [6.07, 6.45) is -2.01. The van der Waals surface area contributed by atoms with Crippen molar-refractivity contribution < 1.29 is 20.1 Å². The molecule has 0 heterocycles. The van der Waals surface area contributed by atoms with Crippen molar-refractivity contribution in [2.75, 3.05) is 6.54 Å². The van der Waals surface area contributed by atoms with E-state index < -0.39 is 12.2 Å². The van der Waals surface area contributed by atoms with Crippen LogP contribution in [-0.4, -0.2) is 34.3 Å². The summed E-state index contributed by atoms with van der Waals surface area (Å²) in [5, 5.41) is 28.3. The van der Waals surface area contributed by atoms with Crippen molar-refractivity contribution in [3.63, 3.8) is 0 Å². The molecular weight excluding hydrogens is 198 g/mol. The zero-order valence-corrected chi connectivity index (χ0v) is 8.00. The van der Waals surface area contributed by atoms with Gasteiger partial charge in [-0.2, -0.15) is 0 Å². The fourth-order valence-electron chi connectivity index (χ4n) is 1.29. The predicted octanol–water partition coefficient (Wildman–Crippen LogP) is -0.442. The number of carbonyl (C=O) groups is 1. The number of phenols is 1. The second-order valence-corrected chi connectivity index (χ2v) is 3.15. The lowest BCUT2D eigenvalue weighted by molar-refractivity contribution is 0.0238. The molecule has 0 aliphatic rings. The van der Waals surface area contributed by atoms with E-state index in [0.29, 0.717) is 6.29 Å². The van der Waals surface area contributed by atoms with Crippen molar-refractivity contribution in [3.8, 4) is 5.75 Å². The molecule has 0 aliphatic carbocycles. The molecule has 1 aromatic carbocycles. The number of hydrogen-bond acceptors (Lipinski definition) is 5. The third kappa shape index (κ3) is 2.33. The number of rotatable bonds is 4. The largest absolute Gasteiger partial charge is 0.507 e. The first-order valence-corrected chi connectivity index (χ1v) is 4.45. The summed E-state index contributed by atoms with van der Waals surface area (Å²) < 4.78 is 0. The Hall–Kier alpha value is -1.43. The monoisotopic (exact) mass is 211 g/mol. The lowest BCUT2D eigenvalue weighted by atomic mass is 9.98. The zero-order chi connectivity index (χ0) is 11.4. The molecule has 5 heteroatoms. The van der Waals surface area contributed by atoms with Crippen LogP contribution < -0.4 is 5.73 Å². The molecule has 0 spiro atoms. The summed E-state index contributed by atoms with van der Waals surface area (Å²) in [4.78, 5) is 10.7. The molecule has 1 aromatic rings. The van der Waals surface area contributed by atoms with Crippen LogP contribution in [0.4, 0.5) is 0 Å². The number of aldehydes is 1. The summed E-state index contributed by atoms with van der Waals surface area (Å²) in [6, 6.07) is 4.26. The smallest absolute Gasteiger partial charge is 0.154 e. The number of carbonyl (C=O) groups excluding carboxylic acids is 1. The molecule has 2 unspecified atom stereocenters. The summed E-state index contributed by atoms with van der Waals surface area (Å²) >= 11 is 0. The quantitative estimate of drug-likeness (QED) is 0.505. The molecule has 0 bridgehead atoms. The molecule has 0 fully saturated rings. The number of aliphatic hydroxyl groups excluding tert-OH is 2. The lowest BCUT2D eigenvalue weighted by Crippen LogP contribution is -2.27. The van der Waals surface area contributed by atoms with Gasteiger partial charge in [-0.15, -0.1) is 0 Å². The van der Waals surface area contributed by atoms with E-state index in [0.717, 1.165) is 0 Å². The number of phenolic OH excluding ortho intramolecular Hbond substituents is 1. The van der Waals surface area contributed by atoms with Gasteiger partial charge in [-0.3, -0.25) is 4.79 Å². The van der Waals surface area contributed by atoms with Crippen LogP contribution in [0.5, 0.6) is 5.75 Å². The van der Waals surface area contributed by atoms with Gasteiger partial charge >= 0.3 is 0 Å². The van der Waals surface area contributed by atoms with E-state index in [2.05, 4.69) is 0 Å². The van der Waals surface area contributed by atoms with E-state index in [4.69, 9.17) is 5.73 Å². The number of benzene rings is 1. The third-order valence-electron chi connectivity index (χ3n) is 2.16. The molecule has 0 aliphatic heterocycles. The Morgan fingerprint density at radius 3 is 2.60 bits per heavy atom. The van der Waals surface area contributed by atoms with Gasteiger partial charge in [0.25, 0.3) is 0 Å². The Bertz CT molecular complexity index is 353. The highest BCUT2D eigenvalue weighted by atomic mass is 16.3. The summed E-state index contributed by atoms with van der Waals surface area (Å²) in [5.74, 6) is -0.231. The summed E-state index contributed by atoms with van der Waals surface area (Å²) in [7, 11) is 0. The van der Waals surface area contributed by atoms with Crippen molar-refractivity contribution in [1.29, 1.82) is 0 Å². The average molecular weight is 211 g/mol. The molecule has 15 heavy (non-hydrogen) atoms. The van der Waals surface area contributed by atoms with Crippen LogP contribution in [-0.2, 0) is 0 Å². The lowest BCUT2D eigenvalue weighted by Gasteiger charge is -2.18. The second kappa shape index (κ2) is 4.88. The van der Waals surface area contributed by atoms with E-state index in [1.165, 1.54) is 18.2 Å². The Morgan fingerprint density at radius 2 is 2.07 bits per heavy atom. The first-order chi connectivity index (χ1) is 7.11. The Kier molecular flexibility index (Phi) is 3.79. The maximum atomic E-state index is 10.7. The molecule has 0 saturated carbocycles. The molecular formula is C10H13NO4. The minimum absolute atomic E-state index is 0.0301. The van der Waals surface area contributed by atoms with Crippen LogP contribution >= 0.6 is 0 Å². The highest BCUT2D eigenvalue weighted by Crippen LogP contribution is 2.26. The van der Waals surface area contributed by atoms with Crippen LogP contribution in [0.25, 0.3) is 0 Å². The van der Waals surface area contributed by atoms with Gasteiger partial charge in [0.2, 0.25) is 0 Å². The first-order valence-electron chi connectivity index (χ1n) is 4.45. The molecule has 0 saturated heterocycles. The van der Waals surface area contributed by atoms with Crippen LogP contribution in [0.2, 0.25) is 0 Å². The molecule has 1 rings (SSSR count). The normalized spacial score (nSPS) is 14.6. The van der Waals surface area contributed by atoms with Crippen molar-refractivity contribution in [1.82, 2.24) is 0 Å². The second-order valence-electron chi connectivity index (χ2n) is 3.15. The molecule has 2 atom stereocenters. The maximum Gasteiger partial charge on any atom is 0.154 e. The van der Waals surface area contributed by atoms with Gasteiger partial charge in [-0.05, 0) is 11.6 Å². The highest BCUT2D eigenvalue weighted by Gasteiger charge is 2.21. The maximum absolute atomic E-state index is 10.7. The zero-order valence-electron chi connectivity index (χ0n) is 8.00. The van der Waals surface area contributed by atoms with Crippen molar-refractivity contribution >= 4 is 6.29 Å². The summed E-state index contributed by atoms with van der Waals surface area (Å²) in [5.41, 5.74) is 5.32. The standard InChI is InChI=1S/C10H13NO4/c11-4-9(14)10(15)6-2-1-3-8(13)7(6)5-12/h1-3,5,9-10,13-15H,4,11H2.